The number of fused-ring (bicyclic) bond motifs is 1. The van der Waals surface area contributed by atoms with Crippen molar-refractivity contribution in [2.24, 2.45) is 0 Å². The minimum atomic E-state index is -3.29. The van der Waals surface area contributed by atoms with Crippen molar-refractivity contribution in [1.82, 2.24) is 9.97 Å². The topological polar surface area (TPSA) is 98.6 Å². The number of sulfonamides is 1. The van der Waals surface area contributed by atoms with Crippen molar-refractivity contribution in [1.29, 1.82) is 5.26 Å². The van der Waals surface area contributed by atoms with Crippen LogP contribution in [0.1, 0.15) is 5.56 Å². The maximum Gasteiger partial charge on any atom is 0.229 e. The van der Waals surface area contributed by atoms with Crippen molar-refractivity contribution >= 4 is 26.7 Å². The van der Waals surface area contributed by atoms with Crippen LogP contribution in [0.5, 0.6) is 0 Å². The fourth-order valence-electron chi connectivity index (χ4n) is 2.20. The number of aromatic nitrogens is 2. The quantitative estimate of drug-likeness (QED) is 0.776. The van der Waals surface area contributed by atoms with E-state index >= 15 is 0 Å². The molecule has 2 N–H and O–H groups in total. The molecule has 22 heavy (non-hydrogen) atoms. The molecular weight excluding hydrogens is 300 g/mol. The highest BCUT2D eigenvalue weighted by Crippen LogP contribution is 2.25. The van der Waals surface area contributed by atoms with Crippen LogP contribution in [0.25, 0.3) is 22.2 Å². The van der Waals surface area contributed by atoms with E-state index in [1.165, 1.54) is 0 Å². The Morgan fingerprint density at radius 3 is 2.59 bits per heavy atom. The molecule has 0 amide bonds. The maximum atomic E-state index is 11.2. The third-order valence-corrected chi connectivity index (χ3v) is 3.78. The van der Waals surface area contributed by atoms with E-state index in [-0.39, 0.29) is 0 Å². The van der Waals surface area contributed by atoms with Gasteiger partial charge in [0.25, 0.3) is 0 Å². The molecule has 110 valence electrons. The summed E-state index contributed by atoms with van der Waals surface area (Å²) in [4.78, 5) is 7.23. The van der Waals surface area contributed by atoms with E-state index in [2.05, 4.69) is 20.8 Å². The number of nitrogens with zero attached hydrogens (tertiary/aromatic N) is 2. The summed E-state index contributed by atoms with van der Waals surface area (Å²) in [6.45, 7) is 0. The molecule has 0 unspecified atom stereocenters. The first-order chi connectivity index (χ1) is 10.5. The summed E-state index contributed by atoms with van der Waals surface area (Å²) in [5.74, 6) is 0. The van der Waals surface area contributed by atoms with E-state index in [1.54, 1.807) is 36.7 Å². The van der Waals surface area contributed by atoms with Crippen LogP contribution < -0.4 is 4.72 Å². The minimum Gasteiger partial charge on any atom is -0.345 e. The van der Waals surface area contributed by atoms with Gasteiger partial charge in [0.1, 0.15) is 11.7 Å². The summed E-state index contributed by atoms with van der Waals surface area (Å²) in [7, 11) is -3.29. The monoisotopic (exact) mass is 312 g/mol. The average Bonchev–Trinajstić information content (AvgIpc) is 2.88. The zero-order valence-electron chi connectivity index (χ0n) is 11.7. The molecule has 0 fully saturated rings. The number of pyridine rings is 1. The normalized spacial score (nSPS) is 11.3. The van der Waals surface area contributed by atoms with Crippen molar-refractivity contribution in [3.8, 4) is 17.2 Å². The molecular formula is C15H12N4O2S. The number of nitriles is 1. The van der Waals surface area contributed by atoms with Crippen LogP contribution in [-0.4, -0.2) is 24.6 Å². The van der Waals surface area contributed by atoms with Gasteiger partial charge in [-0.25, -0.2) is 13.4 Å². The Bertz CT molecular complexity index is 983. The van der Waals surface area contributed by atoms with E-state index in [0.29, 0.717) is 16.9 Å². The van der Waals surface area contributed by atoms with Crippen LogP contribution in [0.4, 0.5) is 5.69 Å². The minimum absolute atomic E-state index is 0.500. The molecule has 0 atom stereocenters. The third-order valence-electron chi connectivity index (χ3n) is 3.17. The number of hydrogen-bond acceptors (Lipinski definition) is 4. The number of aromatic amines is 1. The van der Waals surface area contributed by atoms with Gasteiger partial charge in [-0.3, -0.25) is 4.72 Å². The summed E-state index contributed by atoms with van der Waals surface area (Å²) in [5.41, 5.74) is 3.45. The second-order valence-corrected chi connectivity index (χ2v) is 6.63. The van der Waals surface area contributed by atoms with Crippen molar-refractivity contribution in [2.75, 3.05) is 11.0 Å². The van der Waals surface area contributed by atoms with Gasteiger partial charge in [0.15, 0.2) is 0 Å². The number of nitrogens with one attached hydrogen (secondary N) is 2. The number of rotatable bonds is 3. The molecule has 6 nitrogen and oxygen atoms in total. The van der Waals surface area contributed by atoms with Gasteiger partial charge in [-0.1, -0.05) is 12.1 Å². The maximum absolute atomic E-state index is 11.2. The number of hydrogen-bond donors (Lipinski definition) is 2. The van der Waals surface area contributed by atoms with Crippen LogP contribution in [0.3, 0.4) is 0 Å². The fraction of sp³-hybridized carbons (Fsp3) is 0.0667. The molecule has 3 aromatic rings. The molecule has 0 saturated carbocycles. The second-order valence-electron chi connectivity index (χ2n) is 4.89. The Hall–Kier alpha value is -2.85. The molecule has 0 radical (unpaired) electrons. The molecule has 0 spiro atoms. The molecule has 0 saturated heterocycles. The summed E-state index contributed by atoms with van der Waals surface area (Å²) >= 11 is 0. The Morgan fingerprint density at radius 2 is 1.95 bits per heavy atom. The Labute approximate surface area is 127 Å². The zero-order chi connectivity index (χ0) is 15.7. The van der Waals surface area contributed by atoms with Crippen molar-refractivity contribution < 1.29 is 8.42 Å². The Kier molecular flexibility index (Phi) is 3.31. The summed E-state index contributed by atoms with van der Waals surface area (Å²) in [6, 6.07) is 11.0. The van der Waals surface area contributed by atoms with Gasteiger partial charge in [-0.2, -0.15) is 5.26 Å². The highest BCUT2D eigenvalue weighted by atomic mass is 32.2. The molecule has 0 aliphatic heterocycles. The van der Waals surface area contributed by atoms with E-state index in [1.807, 2.05) is 6.07 Å². The van der Waals surface area contributed by atoms with Gasteiger partial charge in [0, 0.05) is 29.0 Å². The van der Waals surface area contributed by atoms with E-state index in [9.17, 15) is 8.42 Å². The molecule has 2 aromatic heterocycles. The van der Waals surface area contributed by atoms with Gasteiger partial charge in [0.05, 0.1) is 11.8 Å². The lowest BCUT2D eigenvalue weighted by atomic mass is 10.1. The van der Waals surface area contributed by atoms with Gasteiger partial charge < -0.3 is 4.98 Å². The number of H-pyrrole nitrogens is 1. The summed E-state index contributed by atoms with van der Waals surface area (Å²) < 4.78 is 24.8. The summed E-state index contributed by atoms with van der Waals surface area (Å²) in [6.07, 6.45) is 4.44. The van der Waals surface area contributed by atoms with E-state index in [4.69, 9.17) is 5.26 Å². The molecule has 1 aromatic carbocycles. The Balaban J connectivity index is 1.99. The highest BCUT2D eigenvalue weighted by molar-refractivity contribution is 7.92. The van der Waals surface area contributed by atoms with Gasteiger partial charge in [-0.05, 0) is 23.8 Å². The molecule has 0 bridgehead atoms. The zero-order valence-corrected chi connectivity index (χ0v) is 12.5. The molecule has 2 heterocycles. The largest absolute Gasteiger partial charge is 0.345 e. The van der Waals surface area contributed by atoms with Crippen molar-refractivity contribution in [3.05, 3.63) is 48.3 Å². The highest BCUT2D eigenvalue weighted by Gasteiger charge is 2.07. The lowest BCUT2D eigenvalue weighted by molar-refractivity contribution is 0.607. The van der Waals surface area contributed by atoms with Crippen LogP contribution in [0.15, 0.2) is 42.7 Å². The molecule has 0 aliphatic carbocycles. The summed E-state index contributed by atoms with van der Waals surface area (Å²) in [5, 5.41) is 9.83. The van der Waals surface area contributed by atoms with Crippen LogP contribution >= 0.6 is 0 Å². The Morgan fingerprint density at radius 1 is 1.23 bits per heavy atom. The SMILES string of the molecule is CS(=O)(=O)Nc1ccc(-c2cnc3[nH]cc(C#N)c3c2)cc1. The van der Waals surface area contributed by atoms with E-state index in [0.717, 1.165) is 22.8 Å². The van der Waals surface area contributed by atoms with Crippen LogP contribution in [0, 0.1) is 11.3 Å². The molecule has 3 rings (SSSR count). The van der Waals surface area contributed by atoms with Crippen LogP contribution in [0.2, 0.25) is 0 Å². The smallest absolute Gasteiger partial charge is 0.229 e. The van der Waals surface area contributed by atoms with E-state index < -0.39 is 10.0 Å². The molecule has 0 aliphatic rings. The molecule has 7 heteroatoms. The van der Waals surface area contributed by atoms with Crippen molar-refractivity contribution in [2.45, 2.75) is 0 Å². The standard InChI is InChI=1S/C15H12N4O2S/c1-22(20,21)19-13-4-2-10(3-5-13)11-6-14-12(7-16)9-18-15(14)17-8-11/h2-6,8-9,19H,1H3,(H,17,18). The lowest BCUT2D eigenvalue weighted by Gasteiger charge is -2.06. The van der Waals surface area contributed by atoms with Crippen molar-refractivity contribution in [3.63, 3.8) is 0 Å². The van der Waals surface area contributed by atoms with Crippen LogP contribution in [-0.2, 0) is 10.0 Å². The number of anilines is 1. The number of benzene rings is 1. The first-order valence-electron chi connectivity index (χ1n) is 6.42. The first-order valence-corrected chi connectivity index (χ1v) is 8.31. The predicted molar refractivity (Wildman–Crippen MR) is 84.7 cm³/mol. The van der Waals surface area contributed by atoms with Gasteiger partial charge in [0.2, 0.25) is 10.0 Å². The first kappa shape index (κ1) is 14.1. The third kappa shape index (κ3) is 2.77. The predicted octanol–water partition coefficient (Wildman–Crippen LogP) is 2.47. The fourth-order valence-corrected chi connectivity index (χ4v) is 2.76. The van der Waals surface area contributed by atoms with Gasteiger partial charge >= 0.3 is 0 Å². The van der Waals surface area contributed by atoms with Gasteiger partial charge in [-0.15, -0.1) is 0 Å². The second kappa shape index (κ2) is 5.16. The average molecular weight is 312 g/mol. The lowest BCUT2D eigenvalue weighted by Crippen LogP contribution is -2.09.